The minimum Gasteiger partial charge on any atom is -0.339 e. The van der Waals surface area contributed by atoms with E-state index in [2.05, 4.69) is 21.0 Å². The molecule has 1 amide bonds. The Bertz CT molecular complexity index is 919. The van der Waals surface area contributed by atoms with Crippen LogP contribution < -0.4 is 5.56 Å². The van der Waals surface area contributed by atoms with E-state index in [4.69, 9.17) is 0 Å². The number of halogens is 1. The molecule has 5 nitrogen and oxygen atoms in total. The first kappa shape index (κ1) is 15.9. The van der Waals surface area contributed by atoms with Crippen molar-refractivity contribution in [3.05, 3.63) is 61.6 Å². The highest BCUT2D eigenvalue weighted by molar-refractivity contribution is 9.11. The van der Waals surface area contributed by atoms with Gasteiger partial charge in [-0.15, -0.1) is 11.3 Å². The van der Waals surface area contributed by atoms with E-state index < -0.39 is 0 Å². The van der Waals surface area contributed by atoms with Gasteiger partial charge in [-0.3, -0.25) is 9.59 Å². The second-order valence-corrected chi connectivity index (χ2v) is 7.70. The normalized spacial score (nSPS) is 10.9. The van der Waals surface area contributed by atoms with Crippen LogP contribution in [0.3, 0.4) is 0 Å². The molecule has 0 fully saturated rings. The molecule has 7 heteroatoms. The summed E-state index contributed by atoms with van der Waals surface area (Å²) in [7, 11) is 1.72. The maximum absolute atomic E-state index is 12.4. The van der Waals surface area contributed by atoms with Crippen LogP contribution in [0, 0.1) is 0 Å². The third-order valence-corrected chi connectivity index (χ3v) is 5.10. The van der Waals surface area contributed by atoms with Crippen molar-refractivity contribution in [3.8, 4) is 0 Å². The Morgan fingerprint density at radius 2 is 2.09 bits per heavy atom. The first-order chi connectivity index (χ1) is 11.0. The Morgan fingerprint density at radius 1 is 1.30 bits per heavy atom. The summed E-state index contributed by atoms with van der Waals surface area (Å²) in [6.07, 6.45) is 1.61. The van der Waals surface area contributed by atoms with Gasteiger partial charge in [0.25, 0.3) is 5.56 Å². The topological polar surface area (TPSA) is 55.2 Å². The number of amides is 1. The minimum absolute atomic E-state index is 0.0628. The molecule has 0 atom stereocenters. The summed E-state index contributed by atoms with van der Waals surface area (Å²) in [5.74, 6) is -0.153. The lowest BCUT2D eigenvalue weighted by atomic mass is 10.2. The van der Waals surface area contributed by atoms with Crippen LogP contribution in [0.2, 0.25) is 0 Å². The fourth-order valence-electron chi connectivity index (χ4n) is 2.25. The smallest absolute Gasteiger partial charge is 0.275 e. The van der Waals surface area contributed by atoms with E-state index in [0.29, 0.717) is 11.9 Å². The second kappa shape index (κ2) is 6.64. The Hall–Kier alpha value is -1.99. The summed E-state index contributed by atoms with van der Waals surface area (Å²) in [6, 6.07) is 11.2. The average Bonchev–Trinajstić information content (AvgIpc) is 2.95. The van der Waals surface area contributed by atoms with Gasteiger partial charge in [-0.25, -0.2) is 4.68 Å². The van der Waals surface area contributed by atoms with Crippen LogP contribution in [-0.4, -0.2) is 27.6 Å². The van der Waals surface area contributed by atoms with E-state index in [0.717, 1.165) is 14.0 Å². The van der Waals surface area contributed by atoms with Crippen LogP contribution in [-0.2, 0) is 17.9 Å². The zero-order valence-electron chi connectivity index (χ0n) is 12.4. The van der Waals surface area contributed by atoms with Crippen LogP contribution in [0.1, 0.15) is 4.88 Å². The fraction of sp³-hybridized carbons (Fsp3) is 0.188. The van der Waals surface area contributed by atoms with E-state index >= 15 is 0 Å². The van der Waals surface area contributed by atoms with Crippen LogP contribution in [0.15, 0.2) is 51.2 Å². The Labute approximate surface area is 145 Å². The Morgan fingerprint density at radius 3 is 2.83 bits per heavy atom. The van der Waals surface area contributed by atoms with Gasteiger partial charge >= 0.3 is 0 Å². The molecule has 0 aliphatic rings. The van der Waals surface area contributed by atoms with Crippen molar-refractivity contribution < 1.29 is 4.79 Å². The number of rotatable bonds is 4. The molecule has 3 rings (SSSR count). The molecule has 118 valence electrons. The summed E-state index contributed by atoms with van der Waals surface area (Å²) in [6.45, 7) is 0.449. The highest BCUT2D eigenvalue weighted by Gasteiger charge is 2.13. The van der Waals surface area contributed by atoms with Crippen molar-refractivity contribution in [3.63, 3.8) is 0 Å². The first-order valence-electron chi connectivity index (χ1n) is 6.97. The number of thiophene rings is 1. The number of carbonyl (C=O) groups is 1. The number of fused-ring (bicyclic) bond motifs is 1. The van der Waals surface area contributed by atoms with E-state index in [-0.39, 0.29) is 18.0 Å². The fourth-order valence-corrected chi connectivity index (χ4v) is 3.78. The molecule has 0 bridgehead atoms. The van der Waals surface area contributed by atoms with Crippen LogP contribution in [0.5, 0.6) is 0 Å². The summed E-state index contributed by atoms with van der Waals surface area (Å²) < 4.78 is 2.24. The molecular formula is C16H14BrN3O2S. The number of hydrogen-bond acceptors (Lipinski definition) is 4. The molecular weight excluding hydrogens is 378 g/mol. The number of carbonyl (C=O) groups excluding carboxylic acids is 1. The van der Waals surface area contributed by atoms with E-state index in [9.17, 15) is 9.59 Å². The maximum atomic E-state index is 12.4. The van der Waals surface area contributed by atoms with Crippen molar-refractivity contribution >= 4 is 43.9 Å². The highest BCUT2D eigenvalue weighted by Crippen LogP contribution is 2.23. The van der Waals surface area contributed by atoms with Gasteiger partial charge in [0.2, 0.25) is 5.91 Å². The molecule has 2 heterocycles. The van der Waals surface area contributed by atoms with Gasteiger partial charge in [-0.2, -0.15) is 5.10 Å². The summed E-state index contributed by atoms with van der Waals surface area (Å²) in [5, 5.41) is 5.44. The molecule has 0 N–H and O–H groups in total. The number of nitrogens with zero attached hydrogens (tertiary/aromatic N) is 3. The zero-order chi connectivity index (χ0) is 16.4. The van der Waals surface area contributed by atoms with Crippen molar-refractivity contribution in [2.24, 2.45) is 0 Å². The SMILES string of the molecule is CN(Cc1ccc(Br)s1)C(=O)Cn1ncc2ccccc2c1=O. The van der Waals surface area contributed by atoms with Crippen molar-refractivity contribution in [1.82, 2.24) is 14.7 Å². The van der Waals surface area contributed by atoms with Crippen LogP contribution in [0.25, 0.3) is 10.8 Å². The maximum Gasteiger partial charge on any atom is 0.275 e. The third-order valence-electron chi connectivity index (χ3n) is 3.49. The lowest BCUT2D eigenvalue weighted by Crippen LogP contribution is -2.34. The number of benzene rings is 1. The molecule has 0 saturated heterocycles. The first-order valence-corrected chi connectivity index (χ1v) is 8.58. The average molecular weight is 392 g/mol. The lowest BCUT2D eigenvalue weighted by molar-refractivity contribution is -0.131. The van der Waals surface area contributed by atoms with Gasteiger partial charge in [0.15, 0.2) is 0 Å². The molecule has 0 spiro atoms. The second-order valence-electron chi connectivity index (χ2n) is 5.15. The van der Waals surface area contributed by atoms with E-state index in [1.807, 2.05) is 24.3 Å². The molecule has 0 unspecified atom stereocenters. The summed E-state index contributed by atoms with van der Waals surface area (Å²) in [4.78, 5) is 27.4. The van der Waals surface area contributed by atoms with Gasteiger partial charge < -0.3 is 4.90 Å². The predicted octanol–water partition coefficient (Wildman–Crippen LogP) is 2.88. The standard InChI is InChI=1S/C16H14BrN3O2S/c1-19(9-12-6-7-14(17)23-12)15(21)10-20-16(22)13-5-3-2-4-11(13)8-18-20/h2-8H,9-10H2,1H3. The number of aromatic nitrogens is 2. The van der Waals surface area contributed by atoms with E-state index in [1.165, 1.54) is 4.68 Å². The van der Waals surface area contributed by atoms with E-state index in [1.54, 1.807) is 41.6 Å². The highest BCUT2D eigenvalue weighted by atomic mass is 79.9. The molecule has 0 radical (unpaired) electrons. The Kier molecular flexibility index (Phi) is 4.58. The molecule has 2 aromatic heterocycles. The zero-order valence-corrected chi connectivity index (χ0v) is 14.8. The molecule has 23 heavy (non-hydrogen) atoms. The third kappa shape index (κ3) is 3.51. The Balaban J connectivity index is 1.77. The molecule has 0 aliphatic carbocycles. The van der Waals surface area contributed by atoms with Crippen LogP contribution >= 0.6 is 27.3 Å². The van der Waals surface area contributed by atoms with Gasteiger partial charge in [-0.1, -0.05) is 18.2 Å². The van der Waals surface area contributed by atoms with Crippen molar-refractivity contribution in [2.75, 3.05) is 7.05 Å². The number of hydrogen-bond donors (Lipinski definition) is 0. The number of likely N-dealkylation sites (N-methyl/N-ethyl adjacent to an activating group) is 1. The van der Waals surface area contributed by atoms with Gasteiger partial charge in [0, 0.05) is 17.3 Å². The molecule has 0 aliphatic heterocycles. The molecule has 3 aromatic rings. The van der Waals surface area contributed by atoms with Crippen molar-refractivity contribution in [1.29, 1.82) is 0 Å². The summed E-state index contributed by atoms with van der Waals surface area (Å²) in [5.41, 5.74) is -0.247. The quantitative estimate of drug-likeness (QED) is 0.686. The lowest BCUT2D eigenvalue weighted by Gasteiger charge is -2.16. The van der Waals surface area contributed by atoms with Crippen molar-refractivity contribution in [2.45, 2.75) is 13.1 Å². The molecule has 1 aromatic carbocycles. The monoisotopic (exact) mass is 391 g/mol. The minimum atomic E-state index is -0.247. The molecule has 0 saturated carbocycles. The van der Waals surface area contributed by atoms with Gasteiger partial charge in [0.05, 0.1) is 21.9 Å². The summed E-state index contributed by atoms with van der Waals surface area (Å²) >= 11 is 4.99. The van der Waals surface area contributed by atoms with Gasteiger partial charge in [0.1, 0.15) is 6.54 Å². The van der Waals surface area contributed by atoms with Gasteiger partial charge in [-0.05, 0) is 34.1 Å². The van der Waals surface area contributed by atoms with Crippen LogP contribution in [0.4, 0.5) is 0 Å². The largest absolute Gasteiger partial charge is 0.339 e. The predicted molar refractivity (Wildman–Crippen MR) is 94.5 cm³/mol.